The van der Waals surface area contributed by atoms with Gasteiger partial charge in [0.2, 0.25) is 0 Å². The van der Waals surface area contributed by atoms with Crippen molar-refractivity contribution >= 4 is 39.1 Å². The van der Waals surface area contributed by atoms with Gasteiger partial charge in [-0.1, -0.05) is 35.0 Å². The van der Waals surface area contributed by atoms with E-state index in [1.54, 1.807) is 6.07 Å². The molecule has 0 fully saturated rings. The van der Waals surface area contributed by atoms with Crippen molar-refractivity contribution in [1.82, 2.24) is 5.32 Å². The highest BCUT2D eigenvalue weighted by Crippen LogP contribution is 2.21. The van der Waals surface area contributed by atoms with E-state index in [0.717, 1.165) is 26.2 Å². The number of ether oxygens (including phenoxy) is 1. The molecule has 0 unspecified atom stereocenters. The lowest BCUT2D eigenvalue weighted by atomic mass is 10.0. The summed E-state index contributed by atoms with van der Waals surface area (Å²) in [6.45, 7) is 5.52. The summed E-state index contributed by atoms with van der Waals surface area (Å²) >= 11 is 4.93. The van der Waals surface area contributed by atoms with Crippen LogP contribution in [0, 0.1) is 13.8 Å². The van der Waals surface area contributed by atoms with E-state index in [1.807, 2.05) is 45.0 Å². The zero-order chi connectivity index (χ0) is 17.7. The molecule has 128 valence electrons. The fourth-order valence-corrected chi connectivity index (χ4v) is 3.57. The van der Waals surface area contributed by atoms with Crippen LogP contribution in [0.15, 0.2) is 34.8 Å². The van der Waals surface area contributed by atoms with Gasteiger partial charge in [-0.15, -0.1) is 11.3 Å². The molecule has 2 aromatic rings. The van der Waals surface area contributed by atoms with E-state index in [1.165, 1.54) is 11.3 Å². The molecular weight excluding hydrogens is 390 g/mol. The van der Waals surface area contributed by atoms with Crippen LogP contribution in [0.3, 0.4) is 0 Å². The molecule has 1 aromatic heterocycles. The van der Waals surface area contributed by atoms with Crippen LogP contribution in [0.25, 0.3) is 0 Å². The first-order valence-electron chi connectivity index (χ1n) is 7.69. The number of halogens is 1. The van der Waals surface area contributed by atoms with Crippen LogP contribution in [0.1, 0.15) is 45.1 Å². The average molecular weight is 410 g/mol. The molecule has 6 heteroatoms. The molecule has 1 amide bonds. The van der Waals surface area contributed by atoms with Crippen molar-refractivity contribution in [3.8, 4) is 0 Å². The van der Waals surface area contributed by atoms with Gasteiger partial charge in [0.25, 0.3) is 5.91 Å². The van der Waals surface area contributed by atoms with Gasteiger partial charge in [0.1, 0.15) is 0 Å². The molecule has 0 aliphatic carbocycles. The SMILES string of the molecule is CC[C@H](NC(=O)COC(=O)c1cc(C)sc1C)c1ccc(Br)cc1. The molecule has 1 aromatic carbocycles. The molecular formula is C18H20BrNO3S. The van der Waals surface area contributed by atoms with E-state index in [0.29, 0.717) is 5.56 Å². The largest absolute Gasteiger partial charge is 0.452 e. The van der Waals surface area contributed by atoms with Gasteiger partial charge in [0.05, 0.1) is 11.6 Å². The minimum atomic E-state index is -0.455. The van der Waals surface area contributed by atoms with Crippen LogP contribution < -0.4 is 5.32 Å². The van der Waals surface area contributed by atoms with Crippen LogP contribution in [0.4, 0.5) is 0 Å². The Bertz CT molecular complexity index is 724. The highest BCUT2D eigenvalue weighted by molar-refractivity contribution is 9.10. The van der Waals surface area contributed by atoms with Gasteiger partial charge in [0.15, 0.2) is 6.61 Å². The molecule has 24 heavy (non-hydrogen) atoms. The number of thiophene rings is 1. The Labute approximate surface area is 154 Å². The van der Waals surface area contributed by atoms with Crippen LogP contribution in [0.2, 0.25) is 0 Å². The van der Waals surface area contributed by atoms with Crippen LogP contribution in [0.5, 0.6) is 0 Å². The maximum absolute atomic E-state index is 12.1. The Morgan fingerprint density at radius 1 is 1.25 bits per heavy atom. The number of esters is 1. The Balaban J connectivity index is 1.91. The number of aryl methyl sites for hydroxylation is 2. The quantitative estimate of drug-likeness (QED) is 0.711. The zero-order valence-corrected chi connectivity index (χ0v) is 16.3. The molecule has 2 rings (SSSR count). The van der Waals surface area contributed by atoms with Crippen molar-refractivity contribution in [3.05, 3.63) is 55.7 Å². The molecule has 1 N–H and O–H groups in total. The predicted molar refractivity (Wildman–Crippen MR) is 99.4 cm³/mol. The number of hydrogen-bond acceptors (Lipinski definition) is 4. The number of hydrogen-bond donors (Lipinski definition) is 1. The van der Waals surface area contributed by atoms with Crippen LogP contribution >= 0.6 is 27.3 Å². The molecule has 0 spiro atoms. The molecule has 0 saturated carbocycles. The third-order valence-corrected chi connectivity index (χ3v) is 5.11. The zero-order valence-electron chi connectivity index (χ0n) is 13.9. The minimum Gasteiger partial charge on any atom is -0.452 e. The standard InChI is InChI=1S/C18H20BrNO3S/c1-4-16(13-5-7-14(19)8-6-13)20-17(21)10-23-18(22)15-9-11(2)24-12(15)3/h5-9,16H,4,10H2,1-3H3,(H,20,21)/t16-/m0/s1. The summed E-state index contributed by atoms with van der Waals surface area (Å²) in [6.07, 6.45) is 0.754. The highest BCUT2D eigenvalue weighted by Gasteiger charge is 2.17. The first kappa shape index (κ1) is 18.7. The van der Waals surface area contributed by atoms with E-state index >= 15 is 0 Å². The second kappa shape index (κ2) is 8.44. The number of rotatable bonds is 6. The van der Waals surface area contributed by atoms with E-state index < -0.39 is 5.97 Å². The Hall–Kier alpha value is -1.66. The summed E-state index contributed by atoms with van der Waals surface area (Å²) in [5.41, 5.74) is 1.55. The third kappa shape index (κ3) is 4.92. The lowest BCUT2D eigenvalue weighted by Gasteiger charge is -2.17. The summed E-state index contributed by atoms with van der Waals surface area (Å²) in [6, 6.07) is 9.48. The van der Waals surface area contributed by atoms with E-state index in [2.05, 4.69) is 21.2 Å². The third-order valence-electron chi connectivity index (χ3n) is 3.61. The Kier molecular flexibility index (Phi) is 6.57. The van der Waals surface area contributed by atoms with Crippen molar-refractivity contribution in [2.75, 3.05) is 6.61 Å². The maximum atomic E-state index is 12.1. The molecule has 1 heterocycles. The normalized spacial score (nSPS) is 11.8. The number of carbonyl (C=O) groups excluding carboxylic acids is 2. The minimum absolute atomic E-state index is 0.102. The first-order chi connectivity index (χ1) is 11.4. The number of benzene rings is 1. The lowest BCUT2D eigenvalue weighted by molar-refractivity contribution is -0.125. The maximum Gasteiger partial charge on any atom is 0.339 e. The summed E-state index contributed by atoms with van der Waals surface area (Å²) in [4.78, 5) is 26.1. The summed E-state index contributed by atoms with van der Waals surface area (Å²) in [5, 5.41) is 2.90. The van der Waals surface area contributed by atoms with Crippen LogP contribution in [-0.2, 0) is 9.53 Å². The van der Waals surface area contributed by atoms with Crippen molar-refractivity contribution in [3.63, 3.8) is 0 Å². The van der Waals surface area contributed by atoms with Gasteiger partial charge in [0, 0.05) is 14.2 Å². The van der Waals surface area contributed by atoms with Gasteiger partial charge in [-0.25, -0.2) is 4.79 Å². The second-order valence-electron chi connectivity index (χ2n) is 5.48. The van der Waals surface area contributed by atoms with Crippen molar-refractivity contribution in [2.45, 2.75) is 33.2 Å². The monoisotopic (exact) mass is 409 g/mol. The molecule has 1 atom stereocenters. The Morgan fingerprint density at radius 2 is 1.92 bits per heavy atom. The summed E-state index contributed by atoms with van der Waals surface area (Å²) < 4.78 is 6.12. The highest BCUT2D eigenvalue weighted by atomic mass is 79.9. The lowest BCUT2D eigenvalue weighted by Crippen LogP contribution is -2.32. The van der Waals surface area contributed by atoms with Gasteiger partial charge in [-0.2, -0.15) is 0 Å². The van der Waals surface area contributed by atoms with Crippen LogP contribution in [-0.4, -0.2) is 18.5 Å². The molecule has 0 aliphatic heterocycles. The Morgan fingerprint density at radius 3 is 2.46 bits per heavy atom. The van der Waals surface area contributed by atoms with Gasteiger partial charge in [-0.05, 0) is 44.0 Å². The number of carbonyl (C=O) groups is 2. The smallest absolute Gasteiger partial charge is 0.339 e. The second-order valence-corrected chi connectivity index (χ2v) is 7.86. The van der Waals surface area contributed by atoms with Gasteiger partial charge < -0.3 is 10.1 Å². The summed E-state index contributed by atoms with van der Waals surface area (Å²) in [7, 11) is 0. The predicted octanol–water partition coefficient (Wildman–Crippen LogP) is 4.55. The average Bonchev–Trinajstić information content (AvgIpc) is 2.90. The fraction of sp³-hybridized carbons (Fsp3) is 0.333. The van der Waals surface area contributed by atoms with Crippen molar-refractivity contribution in [2.24, 2.45) is 0 Å². The van der Waals surface area contributed by atoms with Gasteiger partial charge >= 0.3 is 5.97 Å². The fourth-order valence-electron chi connectivity index (χ4n) is 2.39. The van der Waals surface area contributed by atoms with E-state index in [-0.39, 0.29) is 18.6 Å². The van der Waals surface area contributed by atoms with E-state index in [9.17, 15) is 9.59 Å². The molecule has 0 aliphatic rings. The molecule has 0 radical (unpaired) electrons. The number of nitrogens with one attached hydrogen (secondary N) is 1. The molecule has 4 nitrogen and oxygen atoms in total. The number of amides is 1. The first-order valence-corrected chi connectivity index (χ1v) is 9.30. The topological polar surface area (TPSA) is 55.4 Å². The summed E-state index contributed by atoms with van der Waals surface area (Å²) in [5.74, 6) is -0.758. The molecule has 0 saturated heterocycles. The van der Waals surface area contributed by atoms with Gasteiger partial charge in [-0.3, -0.25) is 4.79 Å². The van der Waals surface area contributed by atoms with Crippen molar-refractivity contribution in [1.29, 1.82) is 0 Å². The van der Waals surface area contributed by atoms with Crippen molar-refractivity contribution < 1.29 is 14.3 Å². The van der Waals surface area contributed by atoms with E-state index in [4.69, 9.17) is 4.74 Å². The molecule has 0 bridgehead atoms.